The summed E-state index contributed by atoms with van der Waals surface area (Å²) >= 11 is 3.06. The lowest BCUT2D eigenvalue weighted by Gasteiger charge is -2.25. The minimum absolute atomic E-state index is 0.0358. The Hall–Kier alpha value is -1.50. The summed E-state index contributed by atoms with van der Waals surface area (Å²) in [6, 6.07) is 1.11. The highest BCUT2D eigenvalue weighted by Gasteiger charge is 2.32. The third kappa shape index (κ3) is 2.82. The predicted octanol–water partition coefficient (Wildman–Crippen LogP) is 2.36. The van der Waals surface area contributed by atoms with Gasteiger partial charge in [0.05, 0.1) is 5.69 Å². The smallest absolute Gasteiger partial charge is 0.249 e. The van der Waals surface area contributed by atoms with E-state index < -0.39 is 23.6 Å². The van der Waals surface area contributed by atoms with E-state index >= 15 is 0 Å². The molecule has 1 aromatic rings. The molecule has 0 bridgehead atoms. The number of rotatable bonds is 2. The van der Waals surface area contributed by atoms with Crippen LogP contribution in [0, 0.1) is 11.6 Å². The number of nitrogens with one attached hydrogen (secondary N) is 1. The van der Waals surface area contributed by atoms with Gasteiger partial charge in [0.1, 0.15) is 11.9 Å². The highest BCUT2D eigenvalue weighted by atomic mass is 79.9. The predicted molar refractivity (Wildman–Crippen MR) is 73.2 cm³/mol. The second kappa shape index (κ2) is 5.87. The van der Waals surface area contributed by atoms with Crippen molar-refractivity contribution in [3.63, 3.8) is 0 Å². The number of anilines is 1. The molecule has 108 valence electrons. The fourth-order valence-corrected chi connectivity index (χ4v) is 2.75. The average molecular weight is 347 g/mol. The second-order valence-corrected chi connectivity index (χ2v) is 5.34. The third-order valence-electron chi connectivity index (χ3n) is 3.12. The topological polar surface area (TPSA) is 49.4 Å². The van der Waals surface area contributed by atoms with E-state index in [-0.39, 0.29) is 29.0 Å². The lowest BCUT2D eigenvalue weighted by Crippen LogP contribution is -2.44. The Morgan fingerprint density at radius 2 is 2.10 bits per heavy atom. The van der Waals surface area contributed by atoms with E-state index in [0.29, 0.717) is 12.5 Å². The molecular weight excluding hydrogens is 334 g/mol. The number of halogens is 3. The van der Waals surface area contributed by atoms with Gasteiger partial charge >= 0.3 is 0 Å². The molecule has 0 saturated carbocycles. The van der Waals surface area contributed by atoms with Gasteiger partial charge in [-0.15, -0.1) is 0 Å². The van der Waals surface area contributed by atoms with Crippen LogP contribution in [-0.2, 0) is 9.59 Å². The quantitative estimate of drug-likeness (QED) is 0.893. The number of hydrogen-bond acceptors (Lipinski definition) is 2. The van der Waals surface area contributed by atoms with E-state index in [2.05, 4.69) is 21.2 Å². The molecule has 2 rings (SSSR count). The Balaban J connectivity index is 2.45. The molecule has 2 amide bonds. The maximum absolute atomic E-state index is 14.0. The van der Waals surface area contributed by atoms with Crippen molar-refractivity contribution < 1.29 is 18.4 Å². The van der Waals surface area contributed by atoms with Gasteiger partial charge in [-0.3, -0.25) is 9.59 Å². The standard InChI is InChI=1S/C13H13BrF2N2O2/c1-2-10-13(20)18(4-3-11(19)17-10)12-8(14)5-7(15)6-9(12)16/h5-6,10H,2-4H2,1H3,(H,17,19). The van der Waals surface area contributed by atoms with Crippen molar-refractivity contribution in [1.29, 1.82) is 0 Å². The maximum Gasteiger partial charge on any atom is 0.249 e. The SMILES string of the molecule is CCC1NC(=O)CCN(c2c(F)cc(F)cc2Br)C1=O. The summed E-state index contributed by atoms with van der Waals surface area (Å²) in [5.74, 6) is -2.23. The molecule has 0 radical (unpaired) electrons. The van der Waals surface area contributed by atoms with Crippen molar-refractivity contribution in [2.75, 3.05) is 11.4 Å². The lowest BCUT2D eigenvalue weighted by atomic mass is 10.2. The Labute approximate surface area is 123 Å². The van der Waals surface area contributed by atoms with Crippen LogP contribution < -0.4 is 10.2 Å². The minimum atomic E-state index is -0.838. The van der Waals surface area contributed by atoms with Gasteiger partial charge in [0.15, 0.2) is 5.82 Å². The number of carbonyl (C=O) groups excluding carboxylic acids is 2. The molecule has 1 heterocycles. The average Bonchev–Trinajstić information content (AvgIpc) is 2.50. The summed E-state index contributed by atoms with van der Waals surface area (Å²) in [5, 5.41) is 2.59. The maximum atomic E-state index is 14.0. The summed E-state index contributed by atoms with van der Waals surface area (Å²) in [6.07, 6.45) is 0.479. The first-order valence-corrected chi connectivity index (χ1v) is 6.98. The summed E-state index contributed by atoms with van der Waals surface area (Å²) in [6.45, 7) is 1.81. The molecule has 1 aliphatic rings. The molecule has 7 heteroatoms. The zero-order valence-corrected chi connectivity index (χ0v) is 12.3. The van der Waals surface area contributed by atoms with E-state index in [4.69, 9.17) is 0 Å². The fraction of sp³-hybridized carbons (Fsp3) is 0.385. The van der Waals surface area contributed by atoms with E-state index in [9.17, 15) is 18.4 Å². The first kappa shape index (κ1) is 14.9. The Morgan fingerprint density at radius 1 is 1.40 bits per heavy atom. The van der Waals surface area contributed by atoms with Crippen molar-refractivity contribution in [2.24, 2.45) is 0 Å². The molecule has 1 unspecified atom stereocenters. The molecule has 1 aliphatic heterocycles. The molecule has 1 aromatic carbocycles. The van der Waals surface area contributed by atoms with Gasteiger partial charge in [-0.1, -0.05) is 6.92 Å². The zero-order chi connectivity index (χ0) is 14.9. The molecule has 1 atom stereocenters. The van der Waals surface area contributed by atoms with Crippen LogP contribution in [0.3, 0.4) is 0 Å². The van der Waals surface area contributed by atoms with Crippen LogP contribution in [0.4, 0.5) is 14.5 Å². The van der Waals surface area contributed by atoms with Gasteiger partial charge in [-0.05, 0) is 28.4 Å². The molecule has 1 N–H and O–H groups in total. The van der Waals surface area contributed by atoms with Gasteiger partial charge in [0.25, 0.3) is 0 Å². The fourth-order valence-electron chi connectivity index (χ4n) is 2.13. The number of amides is 2. The second-order valence-electron chi connectivity index (χ2n) is 4.49. The molecule has 0 spiro atoms. The van der Waals surface area contributed by atoms with Crippen LogP contribution in [0.15, 0.2) is 16.6 Å². The Kier molecular flexibility index (Phi) is 4.37. The molecule has 0 aromatic heterocycles. The largest absolute Gasteiger partial charge is 0.344 e. The van der Waals surface area contributed by atoms with E-state index in [1.807, 2.05) is 0 Å². The van der Waals surface area contributed by atoms with E-state index in [1.165, 1.54) is 4.90 Å². The number of benzene rings is 1. The summed E-state index contributed by atoms with van der Waals surface area (Å²) < 4.78 is 27.2. The van der Waals surface area contributed by atoms with Gasteiger partial charge < -0.3 is 10.2 Å². The van der Waals surface area contributed by atoms with Crippen molar-refractivity contribution in [3.05, 3.63) is 28.2 Å². The molecule has 1 saturated heterocycles. The van der Waals surface area contributed by atoms with E-state index in [1.54, 1.807) is 6.92 Å². The van der Waals surface area contributed by atoms with Crippen molar-refractivity contribution in [3.8, 4) is 0 Å². The van der Waals surface area contributed by atoms with Crippen molar-refractivity contribution in [2.45, 2.75) is 25.8 Å². The Morgan fingerprint density at radius 3 is 2.70 bits per heavy atom. The van der Waals surface area contributed by atoms with Crippen LogP contribution in [-0.4, -0.2) is 24.4 Å². The lowest BCUT2D eigenvalue weighted by molar-refractivity contribution is -0.125. The first-order valence-electron chi connectivity index (χ1n) is 6.19. The summed E-state index contributed by atoms with van der Waals surface area (Å²) in [7, 11) is 0. The first-order chi connectivity index (χ1) is 9.43. The highest BCUT2D eigenvalue weighted by Crippen LogP contribution is 2.31. The van der Waals surface area contributed by atoms with Crippen molar-refractivity contribution in [1.82, 2.24) is 5.32 Å². The van der Waals surface area contributed by atoms with E-state index in [0.717, 1.165) is 6.07 Å². The van der Waals surface area contributed by atoms with Crippen LogP contribution in [0.2, 0.25) is 0 Å². The minimum Gasteiger partial charge on any atom is -0.344 e. The number of carbonyl (C=O) groups is 2. The molecule has 1 fully saturated rings. The van der Waals surface area contributed by atoms with Crippen LogP contribution in [0.5, 0.6) is 0 Å². The highest BCUT2D eigenvalue weighted by molar-refractivity contribution is 9.10. The Bertz CT molecular complexity index is 542. The molecular formula is C13H13BrF2N2O2. The summed E-state index contributed by atoms with van der Waals surface area (Å²) in [4.78, 5) is 25.1. The monoisotopic (exact) mass is 346 g/mol. The van der Waals surface area contributed by atoms with Gasteiger partial charge in [0, 0.05) is 23.5 Å². The summed E-state index contributed by atoms with van der Waals surface area (Å²) in [5.41, 5.74) is -0.0358. The number of nitrogens with zero attached hydrogens (tertiary/aromatic N) is 1. The van der Waals surface area contributed by atoms with Crippen LogP contribution in [0.25, 0.3) is 0 Å². The van der Waals surface area contributed by atoms with Crippen LogP contribution >= 0.6 is 15.9 Å². The van der Waals surface area contributed by atoms with Gasteiger partial charge in [0.2, 0.25) is 11.8 Å². The van der Waals surface area contributed by atoms with Crippen molar-refractivity contribution >= 4 is 33.4 Å². The molecule has 4 nitrogen and oxygen atoms in total. The normalized spacial score (nSPS) is 19.8. The molecule has 20 heavy (non-hydrogen) atoms. The number of hydrogen-bond donors (Lipinski definition) is 1. The molecule has 0 aliphatic carbocycles. The van der Waals surface area contributed by atoms with Gasteiger partial charge in [-0.2, -0.15) is 0 Å². The van der Waals surface area contributed by atoms with Crippen LogP contribution in [0.1, 0.15) is 19.8 Å². The third-order valence-corrected chi connectivity index (χ3v) is 3.73. The van der Waals surface area contributed by atoms with Gasteiger partial charge in [-0.25, -0.2) is 8.78 Å². The zero-order valence-electron chi connectivity index (χ0n) is 10.8.